The minimum atomic E-state index is -3.91. The zero-order valence-electron chi connectivity index (χ0n) is 12.7. The van der Waals surface area contributed by atoms with E-state index in [1.165, 1.54) is 18.2 Å². The Morgan fingerprint density at radius 2 is 1.91 bits per heavy atom. The third kappa shape index (κ3) is 4.23. The molecular formula is C15H17NO5S2. The molecule has 0 saturated heterocycles. The second kappa shape index (κ2) is 7.01. The normalized spacial score (nSPS) is 11.4. The monoisotopic (exact) mass is 355 g/mol. The van der Waals surface area contributed by atoms with Gasteiger partial charge in [0.25, 0.3) is 10.0 Å². The quantitative estimate of drug-likeness (QED) is 0.826. The van der Waals surface area contributed by atoms with Crippen molar-refractivity contribution in [3.05, 3.63) is 41.8 Å². The minimum absolute atomic E-state index is 0.00850. The SMILES string of the molecule is CC(C)Oc1ccc(N(CC(=O)O)S(=O)(=O)c2cccs2)cc1. The lowest BCUT2D eigenvalue weighted by Crippen LogP contribution is -2.35. The van der Waals surface area contributed by atoms with Gasteiger partial charge in [-0.25, -0.2) is 8.42 Å². The number of sulfonamides is 1. The predicted molar refractivity (Wildman–Crippen MR) is 88.7 cm³/mol. The molecule has 2 rings (SSSR count). The van der Waals surface area contributed by atoms with Gasteiger partial charge < -0.3 is 9.84 Å². The third-order valence-electron chi connectivity index (χ3n) is 2.81. The van der Waals surface area contributed by atoms with Gasteiger partial charge >= 0.3 is 5.97 Å². The molecule has 0 aliphatic rings. The summed E-state index contributed by atoms with van der Waals surface area (Å²) in [6.45, 7) is 3.11. The van der Waals surface area contributed by atoms with Crippen LogP contribution in [0.2, 0.25) is 0 Å². The van der Waals surface area contributed by atoms with Crippen LogP contribution in [0.3, 0.4) is 0 Å². The molecule has 0 atom stereocenters. The van der Waals surface area contributed by atoms with Gasteiger partial charge in [0.2, 0.25) is 0 Å². The van der Waals surface area contributed by atoms with E-state index in [0.29, 0.717) is 5.75 Å². The molecule has 0 amide bonds. The molecule has 0 spiro atoms. The molecular weight excluding hydrogens is 338 g/mol. The summed E-state index contributed by atoms with van der Waals surface area (Å²) in [5, 5.41) is 10.7. The van der Waals surface area contributed by atoms with Crippen molar-refractivity contribution in [1.82, 2.24) is 0 Å². The van der Waals surface area contributed by atoms with Crippen LogP contribution in [-0.2, 0) is 14.8 Å². The Morgan fingerprint density at radius 3 is 2.39 bits per heavy atom. The number of ether oxygens (including phenoxy) is 1. The molecule has 6 nitrogen and oxygen atoms in total. The van der Waals surface area contributed by atoms with Crippen molar-refractivity contribution in [3.8, 4) is 5.75 Å². The topological polar surface area (TPSA) is 83.9 Å². The maximum atomic E-state index is 12.6. The number of anilines is 1. The number of hydrogen-bond acceptors (Lipinski definition) is 5. The standard InChI is InChI=1S/C15H17NO5S2/c1-11(2)21-13-7-5-12(6-8-13)16(10-14(17)18)23(19,20)15-4-3-9-22-15/h3-9,11H,10H2,1-2H3,(H,17,18). The van der Waals surface area contributed by atoms with Crippen LogP contribution >= 0.6 is 11.3 Å². The maximum Gasteiger partial charge on any atom is 0.324 e. The van der Waals surface area contributed by atoms with Crippen LogP contribution in [-0.4, -0.2) is 32.1 Å². The van der Waals surface area contributed by atoms with E-state index in [4.69, 9.17) is 9.84 Å². The molecule has 1 heterocycles. The lowest BCUT2D eigenvalue weighted by atomic mass is 10.3. The molecule has 1 N–H and O–H groups in total. The molecule has 0 aliphatic carbocycles. The molecule has 23 heavy (non-hydrogen) atoms. The van der Waals surface area contributed by atoms with Gasteiger partial charge in [0.05, 0.1) is 11.8 Å². The molecule has 1 aromatic heterocycles. The van der Waals surface area contributed by atoms with Crippen molar-refractivity contribution in [1.29, 1.82) is 0 Å². The third-order valence-corrected chi connectivity index (χ3v) is 5.96. The van der Waals surface area contributed by atoms with Crippen LogP contribution in [0.15, 0.2) is 46.0 Å². The predicted octanol–water partition coefficient (Wildman–Crippen LogP) is 2.82. The first-order valence-electron chi connectivity index (χ1n) is 6.85. The van der Waals surface area contributed by atoms with E-state index in [0.717, 1.165) is 15.6 Å². The van der Waals surface area contributed by atoms with E-state index >= 15 is 0 Å². The fraction of sp³-hybridized carbons (Fsp3) is 0.267. The van der Waals surface area contributed by atoms with E-state index < -0.39 is 22.5 Å². The number of carboxylic acid groups (broad SMARTS) is 1. The van der Waals surface area contributed by atoms with Crippen LogP contribution < -0.4 is 9.04 Å². The van der Waals surface area contributed by atoms with Crippen molar-refractivity contribution in [2.75, 3.05) is 10.8 Å². The molecule has 8 heteroatoms. The highest BCUT2D eigenvalue weighted by Crippen LogP contribution is 2.28. The zero-order chi connectivity index (χ0) is 17.0. The molecule has 2 aromatic rings. The average molecular weight is 355 g/mol. The second-order valence-corrected chi connectivity index (χ2v) is 8.03. The molecule has 0 bridgehead atoms. The van der Waals surface area contributed by atoms with Crippen LogP contribution in [0.1, 0.15) is 13.8 Å². The summed E-state index contributed by atoms with van der Waals surface area (Å²) in [4.78, 5) is 11.1. The molecule has 1 aromatic carbocycles. The first-order valence-corrected chi connectivity index (χ1v) is 9.17. The number of aliphatic carboxylic acids is 1. The van der Waals surface area contributed by atoms with E-state index in [9.17, 15) is 13.2 Å². The van der Waals surface area contributed by atoms with Crippen molar-refractivity contribution < 1.29 is 23.1 Å². The smallest absolute Gasteiger partial charge is 0.324 e. The minimum Gasteiger partial charge on any atom is -0.491 e. The van der Waals surface area contributed by atoms with E-state index in [-0.39, 0.29) is 16.0 Å². The Labute approximate surface area is 139 Å². The average Bonchev–Trinajstić information content (AvgIpc) is 3.00. The number of carbonyl (C=O) groups is 1. The van der Waals surface area contributed by atoms with Crippen LogP contribution in [0.25, 0.3) is 0 Å². The highest BCUT2D eigenvalue weighted by molar-refractivity contribution is 7.94. The molecule has 0 unspecified atom stereocenters. The number of nitrogens with zero attached hydrogens (tertiary/aromatic N) is 1. The van der Waals surface area contributed by atoms with Crippen molar-refractivity contribution in [2.45, 2.75) is 24.2 Å². The van der Waals surface area contributed by atoms with Gasteiger partial charge in [-0.15, -0.1) is 11.3 Å². The van der Waals surface area contributed by atoms with Crippen molar-refractivity contribution >= 4 is 33.0 Å². The summed E-state index contributed by atoms with van der Waals surface area (Å²) in [6.07, 6.45) is -0.00850. The highest BCUT2D eigenvalue weighted by atomic mass is 32.2. The summed E-state index contributed by atoms with van der Waals surface area (Å²) in [5.74, 6) is -0.639. The van der Waals surface area contributed by atoms with Gasteiger partial charge in [-0.05, 0) is 49.6 Å². The number of thiophene rings is 1. The Hall–Kier alpha value is -2.06. The molecule has 0 fully saturated rings. The Bertz CT molecular complexity index is 752. The van der Waals surface area contributed by atoms with Gasteiger partial charge in [0, 0.05) is 0 Å². The molecule has 0 saturated carbocycles. The first kappa shape index (κ1) is 17.3. The van der Waals surface area contributed by atoms with Gasteiger partial charge in [0.15, 0.2) is 0 Å². The summed E-state index contributed by atoms with van der Waals surface area (Å²) in [6, 6.07) is 9.36. The number of carboxylic acids is 1. The fourth-order valence-corrected chi connectivity index (χ4v) is 4.44. The summed E-state index contributed by atoms with van der Waals surface area (Å²) in [7, 11) is -3.91. The van der Waals surface area contributed by atoms with Crippen LogP contribution in [0, 0.1) is 0 Å². The van der Waals surface area contributed by atoms with Gasteiger partial charge in [-0.2, -0.15) is 0 Å². The molecule has 124 valence electrons. The summed E-state index contributed by atoms with van der Waals surface area (Å²) < 4.78 is 31.7. The Morgan fingerprint density at radius 1 is 1.26 bits per heavy atom. The van der Waals surface area contributed by atoms with E-state index in [2.05, 4.69) is 0 Å². The number of hydrogen-bond donors (Lipinski definition) is 1. The summed E-state index contributed by atoms with van der Waals surface area (Å²) in [5.41, 5.74) is 0.275. The second-order valence-electron chi connectivity index (χ2n) is 5.00. The molecule has 0 radical (unpaired) electrons. The Balaban J connectivity index is 2.37. The number of rotatable bonds is 7. The van der Waals surface area contributed by atoms with E-state index in [1.54, 1.807) is 23.6 Å². The maximum absolute atomic E-state index is 12.6. The lowest BCUT2D eigenvalue weighted by Gasteiger charge is -2.22. The first-order chi connectivity index (χ1) is 10.8. The van der Waals surface area contributed by atoms with Gasteiger partial charge in [0.1, 0.15) is 16.5 Å². The largest absolute Gasteiger partial charge is 0.491 e. The Kier molecular flexibility index (Phi) is 5.27. The van der Waals surface area contributed by atoms with Crippen LogP contribution in [0.4, 0.5) is 5.69 Å². The van der Waals surface area contributed by atoms with E-state index in [1.807, 2.05) is 13.8 Å². The molecule has 0 aliphatic heterocycles. The lowest BCUT2D eigenvalue weighted by molar-refractivity contribution is -0.135. The fourth-order valence-electron chi connectivity index (χ4n) is 1.92. The zero-order valence-corrected chi connectivity index (χ0v) is 14.3. The van der Waals surface area contributed by atoms with Crippen LogP contribution in [0.5, 0.6) is 5.75 Å². The van der Waals surface area contributed by atoms with Gasteiger partial charge in [-0.1, -0.05) is 6.07 Å². The van der Waals surface area contributed by atoms with Gasteiger partial charge in [-0.3, -0.25) is 9.10 Å². The van der Waals surface area contributed by atoms with Crippen molar-refractivity contribution in [3.63, 3.8) is 0 Å². The number of benzene rings is 1. The summed E-state index contributed by atoms with van der Waals surface area (Å²) >= 11 is 1.04. The highest BCUT2D eigenvalue weighted by Gasteiger charge is 2.27. The van der Waals surface area contributed by atoms with Crippen molar-refractivity contribution in [2.24, 2.45) is 0 Å².